The lowest BCUT2D eigenvalue weighted by atomic mass is 9.52. The predicted octanol–water partition coefficient (Wildman–Crippen LogP) is 3.29. The van der Waals surface area contributed by atoms with E-state index in [1.165, 1.54) is 45.1 Å². The third-order valence-corrected chi connectivity index (χ3v) is 7.56. The molecule has 0 aromatic carbocycles. The molecule has 0 bridgehead atoms. The number of hydrogen-bond acceptors (Lipinski definition) is 9. The summed E-state index contributed by atoms with van der Waals surface area (Å²) >= 11 is 0. The standard InChI is InChI=1S/C28H32O9/c1-7-9-11-13-16(29)18-20(31)15(3)22(32)26(5)21(18)25(4)23(33)19(17(30)14-12-10-8-2)24(34)27(6,35)28(25,36)37-26/h7-14,21,29-31,35-36H,1-6H3. The van der Waals surface area contributed by atoms with E-state index in [0.29, 0.717) is 0 Å². The normalized spacial score (nSPS) is 39.5. The summed E-state index contributed by atoms with van der Waals surface area (Å²) in [4.78, 5) is 40.8. The number of aliphatic hydroxyl groups excluding tert-OH is 3. The monoisotopic (exact) mass is 512 g/mol. The van der Waals surface area contributed by atoms with Crippen LogP contribution in [0.2, 0.25) is 0 Å². The first-order chi connectivity index (χ1) is 17.1. The zero-order valence-corrected chi connectivity index (χ0v) is 21.6. The van der Waals surface area contributed by atoms with E-state index in [4.69, 9.17) is 4.74 Å². The Kier molecular flexibility index (Phi) is 6.89. The summed E-state index contributed by atoms with van der Waals surface area (Å²) in [6, 6.07) is 0. The molecule has 3 aliphatic rings. The predicted molar refractivity (Wildman–Crippen MR) is 134 cm³/mol. The topological polar surface area (TPSA) is 162 Å². The summed E-state index contributed by atoms with van der Waals surface area (Å²) in [5.41, 5.74) is -8.56. The second kappa shape index (κ2) is 9.09. The van der Waals surface area contributed by atoms with Crippen molar-refractivity contribution in [1.29, 1.82) is 0 Å². The molecule has 2 fully saturated rings. The van der Waals surface area contributed by atoms with Crippen molar-refractivity contribution in [2.24, 2.45) is 11.3 Å². The van der Waals surface area contributed by atoms with Gasteiger partial charge in [-0.15, -0.1) is 0 Å². The van der Waals surface area contributed by atoms with E-state index in [1.807, 2.05) is 0 Å². The van der Waals surface area contributed by atoms with Crippen molar-refractivity contribution >= 4 is 17.3 Å². The molecule has 0 radical (unpaired) electrons. The lowest BCUT2D eigenvalue weighted by molar-refractivity contribution is -0.313. The lowest BCUT2D eigenvalue weighted by Crippen LogP contribution is -2.72. The van der Waals surface area contributed by atoms with Gasteiger partial charge in [0, 0.05) is 17.1 Å². The van der Waals surface area contributed by atoms with E-state index >= 15 is 0 Å². The van der Waals surface area contributed by atoms with E-state index < -0.39 is 68.5 Å². The molecular weight excluding hydrogens is 480 g/mol. The fourth-order valence-corrected chi connectivity index (χ4v) is 5.62. The largest absolute Gasteiger partial charge is 0.508 e. The number of ketones is 3. The number of carbonyl (C=O) groups excluding carboxylic acids is 3. The molecule has 9 heteroatoms. The number of hydrogen-bond donors (Lipinski definition) is 5. The highest BCUT2D eigenvalue weighted by Crippen LogP contribution is 2.66. The van der Waals surface area contributed by atoms with Crippen LogP contribution in [0.5, 0.6) is 0 Å². The molecule has 5 unspecified atom stereocenters. The molecule has 37 heavy (non-hydrogen) atoms. The van der Waals surface area contributed by atoms with Crippen molar-refractivity contribution in [3.8, 4) is 0 Å². The van der Waals surface area contributed by atoms with Crippen molar-refractivity contribution in [1.82, 2.24) is 0 Å². The molecular formula is C28H32O9. The lowest BCUT2D eigenvalue weighted by Gasteiger charge is -2.50. The van der Waals surface area contributed by atoms with E-state index in [9.17, 15) is 39.9 Å². The van der Waals surface area contributed by atoms with Gasteiger partial charge in [0.05, 0.1) is 5.41 Å². The van der Waals surface area contributed by atoms with Gasteiger partial charge in [0.1, 0.15) is 28.5 Å². The van der Waals surface area contributed by atoms with Crippen LogP contribution in [0.1, 0.15) is 41.5 Å². The number of carbonyl (C=O) groups is 3. The zero-order valence-electron chi connectivity index (χ0n) is 21.6. The molecule has 1 saturated carbocycles. The second-order valence-electron chi connectivity index (χ2n) is 9.85. The number of ether oxygens (including phenoxy) is 1. The van der Waals surface area contributed by atoms with Crippen molar-refractivity contribution in [2.45, 2.75) is 58.5 Å². The Morgan fingerprint density at radius 3 is 1.86 bits per heavy atom. The minimum atomic E-state index is -2.98. The SMILES string of the molecule is CC=CC=CC(O)=C1C(=O)C(C)(O)C2(O)OC3(C)C(=O)C(C)=C(O)C(=C(O)C=CC=CC)C3C2(C)C1=O. The summed E-state index contributed by atoms with van der Waals surface area (Å²) < 4.78 is 5.82. The Balaban J connectivity index is 2.46. The molecule has 5 atom stereocenters. The van der Waals surface area contributed by atoms with E-state index in [1.54, 1.807) is 32.1 Å². The Bertz CT molecular complexity index is 1290. The quantitative estimate of drug-likeness (QED) is 0.165. The van der Waals surface area contributed by atoms with Crippen molar-refractivity contribution in [2.75, 3.05) is 0 Å². The van der Waals surface area contributed by atoms with Crippen LogP contribution in [0.4, 0.5) is 0 Å². The molecule has 3 rings (SSSR count). The second-order valence-corrected chi connectivity index (χ2v) is 9.85. The third-order valence-electron chi connectivity index (χ3n) is 7.56. The molecule has 0 aromatic rings. The fourth-order valence-electron chi connectivity index (χ4n) is 5.62. The first-order valence-corrected chi connectivity index (χ1v) is 11.7. The highest BCUT2D eigenvalue weighted by molar-refractivity contribution is 6.28. The maximum Gasteiger partial charge on any atom is 0.217 e. The van der Waals surface area contributed by atoms with Crippen LogP contribution >= 0.6 is 0 Å². The van der Waals surface area contributed by atoms with Crippen LogP contribution in [0.15, 0.2) is 82.6 Å². The first kappa shape index (κ1) is 28.0. The van der Waals surface area contributed by atoms with Gasteiger partial charge in [0.2, 0.25) is 11.6 Å². The van der Waals surface area contributed by atoms with Gasteiger partial charge < -0.3 is 30.3 Å². The summed E-state index contributed by atoms with van der Waals surface area (Å²) in [6.07, 6.45) is 11.5. The van der Waals surface area contributed by atoms with Gasteiger partial charge in [0.25, 0.3) is 0 Å². The van der Waals surface area contributed by atoms with Crippen LogP contribution in [0, 0.1) is 11.3 Å². The molecule has 9 nitrogen and oxygen atoms in total. The summed E-state index contributed by atoms with van der Waals surface area (Å²) in [7, 11) is 0. The van der Waals surface area contributed by atoms with Gasteiger partial charge in [-0.2, -0.15) is 0 Å². The summed E-state index contributed by atoms with van der Waals surface area (Å²) in [5.74, 6) is -9.75. The minimum Gasteiger partial charge on any atom is -0.508 e. The van der Waals surface area contributed by atoms with Crippen LogP contribution in [-0.4, -0.2) is 59.9 Å². The third kappa shape index (κ3) is 3.53. The summed E-state index contributed by atoms with van der Waals surface area (Å²) in [6.45, 7) is 8.07. The molecule has 0 amide bonds. The molecule has 1 aliphatic heterocycles. The van der Waals surface area contributed by atoms with Gasteiger partial charge >= 0.3 is 0 Å². The average Bonchev–Trinajstić information content (AvgIpc) is 3.03. The van der Waals surface area contributed by atoms with Gasteiger partial charge in [0.15, 0.2) is 17.2 Å². The van der Waals surface area contributed by atoms with Gasteiger partial charge in [-0.3, -0.25) is 14.4 Å². The molecule has 2 aliphatic carbocycles. The molecule has 5 N–H and O–H groups in total. The average molecular weight is 513 g/mol. The van der Waals surface area contributed by atoms with Gasteiger partial charge in [-0.25, -0.2) is 0 Å². The van der Waals surface area contributed by atoms with E-state index in [0.717, 1.165) is 13.0 Å². The Hall–Kier alpha value is -3.53. The molecule has 1 heterocycles. The molecule has 0 aromatic heterocycles. The van der Waals surface area contributed by atoms with Crippen molar-refractivity contribution < 1.29 is 44.7 Å². The number of allylic oxidation sites excluding steroid dienone is 9. The van der Waals surface area contributed by atoms with Crippen LogP contribution in [-0.2, 0) is 19.1 Å². The zero-order chi connectivity index (χ0) is 28.1. The molecule has 198 valence electrons. The fraction of sp³-hybridized carbons (Fsp3) is 0.393. The molecule has 1 saturated heterocycles. The maximum absolute atomic E-state index is 14.0. The molecule has 0 spiro atoms. The van der Waals surface area contributed by atoms with Crippen LogP contribution in [0.25, 0.3) is 0 Å². The smallest absolute Gasteiger partial charge is 0.217 e. The Morgan fingerprint density at radius 1 is 0.838 bits per heavy atom. The van der Waals surface area contributed by atoms with Crippen molar-refractivity contribution in [3.63, 3.8) is 0 Å². The number of Topliss-reactive ketones (excluding diaryl/α,β-unsaturated/α-hetero) is 3. The number of rotatable bonds is 4. The number of aliphatic hydroxyl groups is 5. The van der Waals surface area contributed by atoms with Crippen LogP contribution in [0.3, 0.4) is 0 Å². The van der Waals surface area contributed by atoms with Crippen LogP contribution < -0.4 is 0 Å². The summed E-state index contributed by atoms with van der Waals surface area (Å²) in [5, 5.41) is 55.9. The minimum absolute atomic E-state index is 0.211. The Labute approximate surface area is 214 Å². The van der Waals surface area contributed by atoms with Gasteiger partial charge in [-0.05, 0) is 53.7 Å². The van der Waals surface area contributed by atoms with Gasteiger partial charge in [-0.1, -0.05) is 36.5 Å². The number of fused-ring (bicyclic) bond motifs is 3. The highest BCUT2D eigenvalue weighted by atomic mass is 16.7. The van der Waals surface area contributed by atoms with E-state index in [-0.39, 0.29) is 11.1 Å². The first-order valence-electron chi connectivity index (χ1n) is 11.7. The Morgan fingerprint density at radius 2 is 1.35 bits per heavy atom. The highest BCUT2D eigenvalue weighted by Gasteiger charge is 2.83. The van der Waals surface area contributed by atoms with Crippen molar-refractivity contribution in [3.05, 3.63) is 82.6 Å². The maximum atomic E-state index is 14.0. The van der Waals surface area contributed by atoms with E-state index in [2.05, 4.69) is 0 Å².